The number of anilines is 1. The van der Waals surface area contributed by atoms with Crippen LogP contribution in [-0.4, -0.2) is 37.1 Å². The van der Waals surface area contributed by atoms with Crippen molar-refractivity contribution < 1.29 is 4.79 Å². The molecule has 5 nitrogen and oxygen atoms in total. The third kappa shape index (κ3) is 2.79. The Morgan fingerprint density at radius 3 is 3.17 bits per heavy atom. The number of aromatic nitrogens is 1. The Morgan fingerprint density at radius 2 is 2.44 bits per heavy atom. The summed E-state index contributed by atoms with van der Waals surface area (Å²) in [6.45, 7) is 1.97. The fourth-order valence-corrected chi connectivity index (χ4v) is 2.52. The molecule has 0 aromatic carbocycles. The van der Waals surface area contributed by atoms with Gasteiger partial charge in [-0.2, -0.15) is 0 Å². The number of hydrogen-bond donors (Lipinski definition) is 2. The summed E-state index contributed by atoms with van der Waals surface area (Å²) in [6, 6.07) is 4.21. The minimum absolute atomic E-state index is 0.335. The monoisotopic (exact) mass is 248 g/mol. The second-order valence-corrected chi connectivity index (χ2v) is 4.66. The molecule has 1 aliphatic heterocycles. The van der Waals surface area contributed by atoms with Crippen molar-refractivity contribution in [1.29, 1.82) is 0 Å². The first-order valence-electron chi connectivity index (χ1n) is 6.39. The van der Waals surface area contributed by atoms with Gasteiger partial charge in [-0.05, 0) is 38.4 Å². The van der Waals surface area contributed by atoms with Gasteiger partial charge in [0.25, 0.3) is 5.91 Å². The molecule has 3 N–H and O–H groups in total. The van der Waals surface area contributed by atoms with Crippen molar-refractivity contribution in [3.05, 3.63) is 24.0 Å². The van der Waals surface area contributed by atoms with Gasteiger partial charge in [-0.15, -0.1) is 0 Å². The number of piperidine rings is 1. The van der Waals surface area contributed by atoms with Gasteiger partial charge in [-0.3, -0.25) is 9.78 Å². The van der Waals surface area contributed by atoms with E-state index in [1.807, 2.05) is 13.1 Å². The maximum absolute atomic E-state index is 11.2. The van der Waals surface area contributed by atoms with Crippen molar-refractivity contribution >= 4 is 11.6 Å². The highest BCUT2D eigenvalue weighted by atomic mass is 16.1. The van der Waals surface area contributed by atoms with Crippen molar-refractivity contribution in [2.24, 2.45) is 5.73 Å². The molecular weight excluding hydrogens is 228 g/mol. The smallest absolute Gasteiger partial charge is 0.267 e. The Bertz CT molecular complexity index is 419. The van der Waals surface area contributed by atoms with E-state index in [-0.39, 0.29) is 0 Å². The maximum atomic E-state index is 11.2. The minimum Gasteiger partial charge on any atom is -0.367 e. The van der Waals surface area contributed by atoms with Gasteiger partial charge in [0.05, 0.1) is 0 Å². The molecule has 1 amide bonds. The van der Waals surface area contributed by atoms with Gasteiger partial charge >= 0.3 is 0 Å². The lowest BCUT2D eigenvalue weighted by molar-refractivity contribution is 0.0995. The zero-order valence-electron chi connectivity index (χ0n) is 10.7. The zero-order chi connectivity index (χ0) is 13.0. The molecule has 1 aliphatic rings. The molecule has 2 rings (SSSR count). The highest BCUT2D eigenvalue weighted by molar-refractivity contribution is 5.91. The van der Waals surface area contributed by atoms with E-state index in [1.54, 1.807) is 12.3 Å². The predicted molar refractivity (Wildman–Crippen MR) is 71.7 cm³/mol. The third-order valence-electron chi connectivity index (χ3n) is 3.39. The predicted octanol–water partition coefficient (Wildman–Crippen LogP) is 0.759. The van der Waals surface area contributed by atoms with E-state index in [2.05, 4.69) is 15.2 Å². The number of primary amides is 1. The van der Waals surface area contributed by atoms with Crippen LogP contribution in [0.1, 0.15) is 29.8 Å². The normalized spacial score (nSPS) is 19.8. The molecule has 0 spiro atoms. The Labute approximate surface area is 107 Å². The van der Waals surface area contributed by atoms with Gasteiger partial charge in [-0.25, -0.2) is 0 Å². The molecule has 1 aromatic rings. The Kier molecular flexibility index (Phi) is 4.15. The molecule has 1 fully saturated rings. The summed E-state index contributed by atoms with van der Waals surface area (Å²) in [6.07, 6.45) is 5.28. The second-order valence-electron chi connectivity index (χ2n) is 4.66. The van der Waals surface area contributed by atoms with Crippen LogP contribution in [0.25, 0.3) is 0 Å². The van der Waals surface area contributed by atoms with E-state index in [9.17, 15) is 4.79 Å². The molecule has 1 aromatic heterocycles. The number of nitrogens with one attached hydrogen (secondary N) is 1. The van der Waals surface area contributed by atoms with Crippen LogP contribution in [0.5, 0.6) is 0 Å². The summed E-state index contributed by atoms with van der Waals surface area (Å²) in [7, 11) is 1.97. The van der Waals surface area contributed by atoms with Crippen LogP contribution in [0, 0.1) is 0 Å². The largest absolute Gasteiger partial charge is 0.367 e. The number of pyridine rings is 1. The Balaban J connectivity index is 2.22. The molecule has 0 bridgehead atoms. The number of likely N-dealkylation sites (N-methyl/N-ethyl adjacent to an activating group) is 1. The highest BCUT2D eigenvalue weighted by Gasteiger charge is 2.22. The van der Waals surface area contributed by atoms with E-state index in [0.717, 1.165) is 18.8 Å². The molecule has 1 saturated heterocycles. The van der Waals surface area contributed by atoms with E-state index in [4.69, 9.17) is 5.73 Å². The van der Waals surface area contributed by atoms with Crippen LogP contribution in [0.2, 0.25) is 0 Å². The number of rotatable bonds is 4. The van der Waals surface area contributed by atoms with Gasteiger partial charge in [-0.1, -0.05) is 0 Å². The summed E-state index contributed by atoms with van der Waals surface area (Å²) in [5.74, 6) is -0.473. The molecule has 5 heteroatoms. The standard InChI is InChI=1S/C13H20N4O/c1-15-9-11-4-2-3-7-17(11)10-5-6-16-12(8-10)13(14)18/h5-6,8,11,15H,2-4,7,9H2,1H3,(H2,14,18). The van der Waals surface area contributed by atoms with Crippen molar-refractivity contribution in [2.75, 3.05) is 25.0 Å². The minimum atomic E-state index is -0.473. The molecule has 2 heterocycles. The summed E-state index contributed by atoms with van der Waals surface area (Å²) in [4.78, 5) is 17.5. The van der Waals surface area contributed by atoms with E-state index >= 15 is 0 Å². The SMILES string of the molecule is CNCC1CCCCN1c1ccnc(C(N)=O)c1. The van der Waals surface area contributed by atoms with Crippen LogP contribution in [0.4, 0.5) is 5.69 Å². The average Bonchev–Trinajstić information content (AvgIpc) is 2.40. The fourth-order valence-electron chi connectivity index (χ4n) is 2.52. The lowest BCUT2D eigenvalue weighted by Crippen LogP contribution is -2.45. The first kappa shape index (κ1) is 12.8. The molecular formula is C13H20N4O. The Hall–Kier alpha value is -1.62. The molecule has 0 radical (unpaired) electrons. The summed E-state index contributed by atoms with van der Waals surface area (Å²) in [5, 5.41) is 3.23. The molecule has 0 saturated carbocycles. The van der Waals surface area contributed by atoms with Crippen molar-refractivity contribution in [1.82, 2.24) is 10.3 Å². The zero-order valence-corrected chi connectivity index (χ0v) is 10.7. The topological polar surface area (TPSA) is 71.2 Å². The van der Waals surface area contributed by atoms with E-state index in [1.165, 1.54) is 19.3 Å². The van der Waals surface area contributed by atoms with E-state index < -0.39 is 5.91 Å². The lowest BCUT2D eigenvalue weighted by atomic mass is 10.0. The Morgan fingerprint density at radius 1 is 1.61 bits per heavy atom. The third-order valence-corrected chi connectivity index (χ3v) is 3.39. The van der Waals surface area contributed by atoms with Crippen molar-refractivity contribution in [3.63, 3.8) is 0 Å². The van der Waals surface area contributed by atoms with Crippen LogP contribution in [0.15, 0.2) is 18.3 Å². The number of carbonyl (C=O) groups excluding carboxylic acids is 1. The number of carbonyl (C=O) groups is 1. The van der Waals surface area contributed by atoms with E-state index in [0.29, 0.717) is 11.7 Å². The molecule has 98 valence electrons. The molecule has 0 aliphatic carbocycles. The van der Waals surface area contributed by atoms with Gasteiger partial charge in [0, 0.05) is 31.0 Å². The highest BCUT2D eigenvalue weighted by Crippen LogP contribution is 2.24. The summed E-state index contributed by atoms with van der Waals surface area (Å²) in [5.41, 5.74) is 6.65. The summed E-state index contributed by atoms with van der Waals surface area (Å²) >= 11 is 0. The van der Waals surface area contributed by atoms with Crippen LogP contribution >= 0.6 is 0 Å². The molecule has 1 atom stereocenters. The van der Waals surface area contributed by atoms with Gasteiger partial charge in [0.2, 0.25) is 0 Å². The first-order valence-corrected chi connectivity index (χ1v) is 6.39. The van der Waals surface area contributed by atoms with Gasteiger partial charge in [0.15, 0.2) is 0 Å². The van der Waals surface area contributed by atoms with Crippen LogP contribution < -0.4 is 16.0 Å². The van der Waals surface area contributed by atoms with Crippen molar-refractivity contribution in [3.8, 4) is 0 Å². The van der Waals surface area contributed by atoms with Gasteiger partial charge in [0.1, 0.15) is 5.69 Å². The molecule has 18 heavy (non-hydrogen) atoms. The second kappa shape index (κ2) is 5.82. The number of nitrogens with two attached hydrogens (primary N) is 1. The number of amides is 1. The lowest BCUT2D eigenvalue weighted by Gasteiger charge is -2.37. The number of nitrogens with zero attached hydrogens (tertiary/aromatic N) is 2. The summed E-state index contributed by atoms with van der Waals surface area (Å²) < 4.78 is 0. The quantitative estimate of drug-likeness (QED) is 0.825. The van der Waals surface area contributed by atoms with Crippen molar-refractivity contribution in [2.45, 2.75) is 25.3 Å². The van der Waals surface area contributed by atoms with Crippen LogP contribution in [0.3, 0.4) is 0 Å². The number of hydrogen-bond acceptors (Lipinski definition) is 4. The van der Waals surface area contributed by atoms with Gasteiger partial charge < -0.3 is 16.0 Å². The molecule has 1 unspecified atom stereocenters. The maximum Gasteiger partial charge on any atom is 0.267 e. The fraction of sp³-hybridized carbons (Fsp3) is 0.538. The van der Waals surface area contributed by atoms with Crippen LogP contribution in [-0.2, 0) is 0 Å². The average molecular weight is 248 g/mol. The first-order chi connectivity index (χ1) is 8.72.